The molecule has 0 saturated heterocycles. The van der Waals surface area contributed by atoms with Gasteiger partial charge in [-0.1, -0.05) is 24.3 Å². The number of imidazole rings is 2. The van der Waals surface area contributed by atoms with E-state index in [9.17, 15) is 0 Å². The number of H-pyrrole nitrogens is 2. The van der Waals surface area contributed by atoms with Gasteiger partial charge in [-0.25, -0.2) is 9.97 Å². The smallest absolute Gasteiger partial charge is 0.138 e. The molecule has 6 heteroatoms. The summed E-state index contributed by atoms with van der Waals surface area (Å²) in [5, 5.41) is 2.06. The van der Waals surface area contributed by atoms with Gasteiger partial charge in [-0.15, -0.1) is 0 Å². The molecular formula is C23H16N4O2. The Bertz CT molecular complexity index is 1310. The van der Waals surface area contributed by atoms with Crippen LogP contribution in [-0.4, -0.2) is 19.9 Å². The van der Waals surface area contributed by atoms with Crippen molar-refractivity contribution in [1.82, 2.24) is 19.9 Å². The van der Waals surface area contributed by atoms with Crippen molar-refractivity contribution in [3.05, 3.63) is 84.8 Å². The topological polar surface area (TPSA) is 83.6 Å². The normalized spacial score (nSPS) is 11.6. The molecule has 0 fully saturated rings. The first-order chi connectivity index (χ1) is 14.3. The first-order valence-electron chi connectivity index (χ1n) is 9.37. The fraction of sp³-hybridized carbons (Fsp3) is 0.0435. The second kappa shape index (κ2) is 6.24. The molecule has 6 aromatic rings. The molecule has 2 N–H and O–H groups in total. The van der Waals surface area contributed by atoms with Crippen LogP contribution in [0.5, 0.6) is 0 Å². The average molecular weight is 380 g/mol. The SMILES string of the molecule is c1cc(-c2ncc[nH]2)c2cc(Cc3cc4c(-c5ncc[nH]5)cccc4o3)oc2c1. The molecule has 0 spiro atoms. The number of hydrogen-bond donors (Lipinski definition) is 2. The highest BCUT2D eigenvalue weighted by atomic mass is 16.4. The predicted octanol–water partition coefficient (Wildman–Crippen LogP) is 5.55. The zero-order valence-corrected chi connectivity index (χ0v) is 15.3. The standard InChI is InChI=1S/C23H16N4O2/c1-3-16(22-24-7-8-25-22)18-12-14(28-20(18)5-1)11-15-13-19-17(23-26-9-10-27-23)4-2-6-21(19)29-15/h1-10,12-13H,11H2,(H,24,25)(H,26,27). The van der Waals surface area contributed by atoms with Crippen LogP contribution >= 0.6 is 0 Å². The molecule has 0 bridgehead atoms. The third-order valence-electron chi connectivity index (χ3n) is 5.08. The van der Waals surface area contributed by atoms with Gasteiger partial charge in [0.1, 0.15) is 34.3 Å². The molecule has 0 aliphatic heterocycles. The fourth-order valence-corrected chi connectivity index (χ4v) is 3.81. The van der Waals surface area contributed by atoms with Crippen LogP contribution < -0.4 is 0 Å². The highest BCUT2D eigenvalue weighted by Gasteiger charge is 2.15. The van der Waals surface area contributed by atoms with E-state index in [-0.39, 0.29) is 0 Å². The molecule has 0 amide bonds. The quantitative estimate of drug-likeness (QED) is 0.420. The number of rotatable bonds is 4. The fourth-order valence-electron chi connectivity index (χ4n) is 3.81. The number of nitrogens with zero attached hydrogens (tertiary/aromatic N) is 2. The number of fused-ring (bicyclic) bond motifs is 2. The van der Waals surface area contributed by atoms with Crippen molar-refractivity contribution >= 4 is 21.9 Å². The van der Waals surface area contributed by atoms with Gasteiger partial charge in [0.2, 0.25) is 0 Å². The van der Waals surface area contributed by atoms with Crippen molar-refractivity contribution in [2.75, 3.05) is 0 Å². The lowest BCUT2D eigenvalue weighted by Gasteiger charge is -1.97. The lowest BCUT2D eigenvalue weighted by Crippen LogP contribution is -1.82. The Labute approximate surface area is 165 Å². The van der Waals surface area contributed by atoms with E-state index in [1.165, 1.54) is 0 Å². The highest BCUT2D eigenvalue weighted by Crippen LogP contribution is 2.32. The van der Waals surface area contributed by atoms with E-state index in [1.54, 1.807) is 12.4 Å². The van der Waals surface area contributed by atoms with Gasteiger partial charge < -0.3 is 18.8 Å². The zero-order valence-electron chi connectivity index (χ0n) is 15.3. The third-order valence-corrected chi connectivity index (χ3v) is 5.08. The van der Waals surface area contributed by atoms with Gasteiger partial charge in [0.25, 0.3) is 0 Å². The number of aromatic nitrogens is 4. The van der Waals surface area contributed by atoms with E-state index in [2.05, 4.69) is 32.1 Å². The Morgan fingerprint density at radius 2 is 1.21 bits per heavy atom. The monoisotopic (exact) mass is 380 g/mol. The molecule has 29 heavy (non-hydrogen) atoms. The van der Waals surface area contributed by atoms with Crippen molar-refractivity contribution in [1.29, 1.82) is 0 Å². The van der Waals surface area contributed by atoms with Crippen LogP contribution in [-0.2, 0) is 6.42 Å². The van der Waals surface area contributed by atoms with Crippen LogP contribution in [0.3, 0.4) is 0 Å². The number of benzene rings is 2. The van der Waals surface area contributed by atoms with Crippen molar-refractivity contribution in [3.63, 3.8) is 0 Å². The lowest BCUT2D eigenvalue weighted by molar-refractivity contribution is 0.512. The minimum atomic E-state index is 0.568. The van der Waals surface area contributed by atoms with Gasteiger partial charge in [0.15, 0.2) is 0 Å². The van der Waals surface area contributed by atoms with Crippen LogP contribution in [0, 0.1) is 0 Å². The molecular weight excluding hydrogens is 364 g/mol. The average Bonchev–Trinajstić information content (AvgIpc) is 3.53. The third kappa shape index (κ3) is 2.65. The van der Waals surface area contributed by atoms with Crippen LogP contribution in [0.2, 0.25) is 0 Å². The van der Waals surface area contributed by atoms with E-state index < -0.39 is 0 Å². The van der Waals surface area contributed by atoms with Crippen LogP contribution in [0.15, 0.2) is 82.2 Å². The van der Waals surface area contributed by atoms with E-state index in [4.69, 9.17) is 8.83 Å². The van der Waals surface area contributed by atoms with Gasteiger partial charge in [-0.2, -0.15) is 0 Å². The summed E-state index contributed by atoms with van der Waals surface area (Å²) in [6.07, 6.45) is 7.71. The Morgan fingerprint density at radius 1 is 0.690 bits per heavy atom. The summed E-state index contributed by atoms with van der Waals surface area (Å²) in [7, 11) is 0. The zero-order chi connectivity index (χ0) is 19.2. The molecule has 0 aliphatic rings. The van der Waals surface area contributed by atoms with Gasteiger partial charge in [0.05, 0.1) is 6.42 Å². The Hall–Kier alpha value is -4.06. The van der Waals surface area contributed by atoms with Crippen LogP contribution in [0.25, 0.3) is 44.7 Å². The van der Waals surface area contributed by atoms with E-state index in [1.807, 2.05) is 48.8 Å². The van der Waals surface area contributed by atoms with E-state index >= 15 is 0 Å². The molecule has 2 aromatic carbocycles. The minimum absolute atomic E-state index is 0.568. The van der Waals surface area contributed by atoms with Crippen molar-refractivity contribution in [3.8, 4) is 22.8 Å². The molecule has 0 aliphatic carbocycles. The van der Waals surface area contributed by atoms with Crippen molar-refractivity contribution in [2.45, 2.75) is 6.42 Å². The Morgan fingerprint density at radius 3 is 1.66 bits per heavy atom. The molecule has 6 rings (SSSR count). The van der Waals surface area contributed by atoms with E-state index in [0.29, 0.717) is 6.42 Å². The number of nitrogens with one attached hydrogen (secondary N) is 2. The minimum Gasteiger partial charge on any atom is -0.461 e. The summed E-state index contributed by atoms with van der Waals surface area (Å²) < 4.78 is 12.2. The molecule has 0 saturated carbocycles. The Balaban J connectivity index is 1.40. The summed E-state index contributed by atoms with van der Waals surface area (Å²) >= 11 is 0. The van der Waals surface area contributed by atoms with Gasteiger partial charge in [0, 0.05) is 46.7 Å². The first kappa shape index (κ1) is 15.9. The molecule has 0 unspecified atom stereocenters. The summed E-state index contributed by atoms with van der Waals surface area (Å²) in [6, 6.07) is 16.1. The molecule has 4 aromatic heterocycles. The number of furan rings is 2. The summed E-state index contributed by atoms with van der Waals surface area (Å²) in [6.45, 7) is 0. The van der Waals surface area contributed by atoms with Gasteiger partial charge >= 0.3 is 0 Å². The Kier molecular flexibility index (Phi) is 3.43. The van der Waals surface area contributed by atoms with Gasteiger partial charge in [-0.05, 0) is 24.3 Å². The molecule has 0 atom stereocenters. The summed E-state index contributed by atoms with van der Waals surface area (Å²) in [5.41, 5.74) is 3.71. The first-order valence-corrected chi connectivity index (χ1v) is 9.37. The summed E-state index contributed by atoms with van der Waals surface area (Å²) in [5.74, 6) is 3.35. The largest absolute Gasteiger partial charge is 0.461 e. The second-order valence-electron chi connectivity index (χ2n) is 6.91. The highest BCUT2D eigenvalue weighted by molar-refractivity contribution is 5.93. The lowest BCUT2D eigenvalue weighted by atomic mass is 10.1. The van der Waals surface area contributed by atoms with Gasteiger partial charge in [-0.3, -0.25) is 0 Å². The maximum atomic E-state index is 6.09. The molecule has 6 nitrogen and oxygen atoms in total. The van der Waals surface area contributed by atoms with E-state index in [0.717, 1.165) is 56.2 Å². The van der Waals surface area contributed by atoms with Crippen molar-refractivity contribution < 1.29 is 8.83 Å². The molecule has 4 heterocycles. The predicted molar refractivity (Wildman–Crippen MR) is 110 cm³/mol. The maximum absolute atomic E-state index is 6.09. The second-order valence-corrected chi connectivity index (χ2v) is 6.91. The molecule has 140 valence electrons. The molecule has 0 radical (unpaired) electrons. The van der Waals surface area contributed by atoms with Crippen molar-refractivity contribution in [2.24, 2.45) is 0 Å². The number of aromatic amines is 2. The summed E-state index contributed by atoms with van der Waals surface area (Å²) in [4.78, 5) is 15.1. The van der Waals surface area contributed by atoms with Crippen LogP contribution in [0.1, 0.15) is 11.5 Å². The van der Waals surface area contributed by atoms with Crippen LogP contribution in [0.4, 0.5) is 0 Å². The maximum Gasteiger partial charge on any atom is 0.138 e. The number of hydrogen-bond acceptors (Lipinski definition) is 4.